The molecule has 1 N–H and O–H groups in total. The van der Waals surface area contributed by atoms with E-state index in [1.54, 1.807) is 0 Å². The molecule has 13 heavy (non-hydrogen) atoms. The van der Waals surface area contributed by atoms with Gasteiger partial charge in [-0.05, 0) is 26.7 Å². The Hall–Kier alpha value is -0.770. The second-order valence-electron chi connectivity index (χ2n) is 3.51. The highest BCUT2D eigenvalue weighted by atomic mass is 16.4. The molecular formula is C9H18N2O2. The van der Waals surface area contributed by atoms with Crippen molar-refractivity contribution in [2.24, 2.45) is 0 Å². The van der Waals surface area contributed by atoms with Gasteiger partial charge >= 0.3 is 6.09 Å². The molecule has 1 heterocycles. The Bertz CT molecular complexity index is 184. The minimum atomic E-state index is -0.837. The molecule has 0 saturated carbocycles. The molecule has 4 nitrogen and oxygen atoms in total. The van der Waals surface area contributed by atoms with Gasteiger partial charge < -0.3 is 5.11 Å². The first-order valence-electron chi connectivity index (χ1n) is 4.93. The van der Waals surface area contributed by atoms with Gasteiger partial charge in [-0.1, -0.05) is 6.42 Å². The van der Waals surface area contributed by atoms with E-state index < -0.39 is 6.09 Å². The second-order valence-corrected chi connectivity index (χ2v) is 3.51. The molecule has 0 aromatic heterocycles. The van der Waals surface area contributed by atoms with E-state index >= 15 is 0 Å². The highest BCUT2D eigenvalue weighted by Gasteiger charge is 2.26. The average Bonchev–Trinajstić information content (AvgIpc) is 2.09. The quantitative estimate of drug-likeness (QED) is 0.714. The van der Waals surface area contributed by atoms with Crippen LogP contribution in [0, 0.1) is 0 Å². The molecule has 4 heteroatoms. The lowest BCUT2D eigenvalue weighted by atomic mass is 10.1. The van der Waals surface area contributed by atoms with Crippen LogP contribution in [0.1, 0.15) is 33.1 Å². The number of hydrogen-bond donors (Lipinski definition) is 1. The van der Waals surface area contributed by atoms with Gasteiger partial charge in [0.05, 0.1) is 0 Å². The first kappa shape index (κ1) is 10.3. The topological polar surface area (TPSA) is 43.8 Å². The summed E-state index contributed by atoms with van der Waals surface area (Å²) in [5.41, 5.74) is 0. The van der Waals surface area contributed by atoms with Gasteiger partial charge in [0.25, 0.3) is 0 Å². The molecule has 1 amide bonds. The zero-order valence-electron chi connectivity index (χ0n) is 8.36. The van der Waals surface area contributed by atoms with Crippen LogP contribution in [0.5, 0.6) is 0 Å². The normalized spacial score (nSPS) is 24.3. The molecule has 0 radical (unpaired) electrons. The zero-order chi connectivity index (χ0) is 9.84. The minimum Gasteiger partial charge on any atom is -0.464 e. The van der Waals surface area contributed by atoms with E-state index in [0.717, 1.165) is 19.4 Å². The van der Waals surface area contributed by atoms with Gasteiger partial charge in [0.1, 0.15) is 0 Å². The summed E-state index contributed by atoms with van der Waals surface area (Å²) in [5.74, 6) is 0. The zero-order valence-corrected chi connectivity index (χ0v) is 8.36. The lowest BCUT2D eigenvalue weighted by molar-refractivity contribution is -0.0497. The standard InChI is InChI=1S/C9H18N2O2/c1-3-10(9(12)13)11-7-5-4-6-8(11)2/h8H,3-7H2,1-2H3,(H,12,13). The van der Waals surface area contributed by atoms with Crippen LogP contribution < -0.4 is 0 Å². The maximum Gasteiger partial charge on any atom is 0.421 e. The molecule has 1 atom stereocenters. The van der Waals surface area contributed by atoms with Crippen molar-refractivity contribution in [2.45, 2.75) is 39.2 Å². The fourth-order valence-electron chi connectivity index (χ4n) is 1.87. The van der Waals surface area contributed by atoms with E-state index in [1.807, 2.05) is 11.9 Å². The van der Waals surface area contributed by atoms with Gasteiger partial charge in [-0.2, -0.15) is 0 Å². The van der Waals surface area contributed by atoms with E-state index in [2.05, 4.69) is 6.92 Å². The molecular weight excluding hydrogens is 168 g/mol. The van der Waals surface area contributed by atoms with Gasteiger partial charge in [0.15, 0.2) is 0 Å². The van der Waals surface area contributed by atoms with Crippen LogP contribution in [0.2, 0.25) is 0 Å². The smallest absolute Gasteiger partial charge is 0.421 e. The van der Waals surface area contributed by atoms with Crippen LogP contribution in [0.4, 0.5) is 4.79 Å². The number of nitrogens with zero attached hydrogens (tertiary/aromatic N) is 2. The van der Waals surface area contributed by atoms with Crippen molar-refractivity contribution in [3.05, 3.63) is 0 Å². The molecule has 1 unspecified atom stereocenters. The summed E-state index contributed by atoms with van der Waals surface area (Å²) < 4.78 is 0. The van der Waals surface area contributed by atoms with E-state index in [-0.39, 0.29) is 0 Å². The molecule has 1 saturated heterocycles. The highest BCUT2D eigenvalue weighted by Crippen LogP contribution is 2.18. The maximum atomic E-state index is 10.9. The van der Waals surface area contributed by atoms with Crippen LogP contribution in [0.3, 0.4) is 0 Å². The second kappa shape index (κ2) is 4.46. The van der Waals surface area contributed by atoms with Crippen LogP contribution in [0.15, 0.2) is 0 Å². The van der Waals surface area contributed by atoms with E-state index in [1.165, 1.54) is 11.4 Å². The lowest BCUT2D eigenvalue weighted by Gasteiger charge is -2.39. The van der Waals surface area contributed by atoms with Crippen molar-refractivity contribution in [3.63, 3.8) is 0 Å². The summed E-state index contributed by atoms with van der Waals surface area (Å²) in [5, 5.41) is 12.3. The van der Waals surface area contributed by atoms with E-state index in [0.29, 0.717) is 12.6 Å². The van der Waals surface area contributed by atoms with Crippen molar-refractivity contribution in [1.29, 1.82) is 0 Å². The molecule has 0 aromatic rings. The summed E-state index contributed by atoms with van der Waals surface area (Å²) in [6, 6.07) is 0.366. The van der Waals surface area contributed by atoms with Crippen molar-refractivity contribution in [3.8, 4) is 0 Å². The number of amides is 1. The van der Waals surface area contributed by atoms with Crippen molar-refractivity contribution in [1.82, 2.24) is 10.0 Å². The fraction of sp³-hybridized carbons (Fsp3) is 0.889. The Morgan fingerprint density at radius 1 is 1.62 bits per heavy atom. The summed E-state index contributed by atoms with van der Waals surface area (Å²) in [6.45, 7) is 5.38. The Kier molecular flexibility index (Phi) is 3.54. The average molecular weight is 186 g/mol. The Morgan fingerprint density at radius 2 is 2.31 bits per heavy atom. The predicted octanol–water partition coefficient (Wildman–Crippen LogP) is 1.78. The van der Waals surface area contributed by atoms with Crippen LogP contribution in [0.25, 0.3) is 0 Å². The predicted molar refractivity (Wildman–Crippen MR) is 50.4 cm³/mol. The molecule has 0 bridgehead atoms. The number of hydrogen-bond acceptors (Lipinski definition) is 2. The summed E-state index contributed by atoms with van der Waals surface area (Å²) in [6.07, 6.45) is 2.59. The third-order valence-electron chi connectivity index (χ3n) is 2.60. The van der Waals surface area contributed by atoms with Gasteiger partial charge in [-0.25, -0.2) is 14.8 Å². The minimum absolute atomic E-state index is 0.366. The first-order valence-corrected chi connectivity index (χ1v) is 4.93. The molecule has 1 fully saturated rings. The molecule has 1 aliphatic heterocycles. The number of hydrazine groups is 1. The van der Waals surface area contributed by atoms with Crippen LogP contribution in [-0.4, -0.2) is 40.3 Å². The molecule has 1 aliphatic rings. The summed E-state index contributed by atoms with van der Waals surface area (Å²) in [7, 11) is 0. The lowest BCUT2D eigenvalue weighted by Crippen LogP contribution is -2.52. The van der Waals surface area contributed by atoms with E-state index in [9.17, 15) is 4.79 Å². The van der Waals surface area contributed by atoms with Crippen molar-refractivity contribution in [2.75, 3.05) is 13.1 Å². The van der Waals surface area contributed by atoms with E-state index in [4.69, 9.17) is 5.11 Å². The SMILES string of the molecule is CCN(C(=O)O)N1CCCCC1C. The maximum absolute atomic E-state index is 10.9. The van der Waals surface area contributed by atoms with Crippen LogP contribution in [-0.2, 0) is 0 Å². The van der Waals surface area contributed by atoms with Crippen molar-refractivity contribution >= 4 is 6.09 Å². The molecule has 0 spiro atoms. The molecule has 0 aromatic carbocycles. The van der Waals surface area contributed by atoms with Crippen LogP contribution >= 0.6 is 0 Å². The molecule has 1 rings (SSSR count). The number of carbonyl (C=O) groups is 1. The Morgan fingerprint density at radius 3 is 2.77 bits per heavy atom. The first-order chi connectivity index (χ1) is 6.16. The monoisotopic (exact) mass is 186 g/mol. The van der Waals surface area contributed by atoms with Gasteiger partial charge in [-0.15, -0.1) is 0 Å². The highest BCUT2D eigenvalue weighted by molar-refractivity contribution is 5.64. The molecule has 76 valence electrons. The third-order valence-corrected chi connectivity index (χ3v) is 2.60. The van der Waals surface area contributed by atoms with Gasteiger partial charge in [0, 0.05) is 19.1 Å². The largest absolute Gasteiger partial charge is 0.464 e. The number of rotatable bonds is 2. The molecule has 0 aliphatic carbocycles. The Labute approximate surface area is 79.1 Å². The van der Waals surface area contributed by atoms with Gasteiger partial charge in [-0.3, -0.25) is 0 Å². The van der Waals surface area contributed by atoms with Gasteiger partial charge in [0.2, 0.25) is 0 Å². The Balaban J connectivity index is 2.60. The third kappa shape index (κ3) is 2.34. The summed E-state index contributed by atoms with van der Waals surface area (Å²) in [4.78, 5) is 10.9. The van der Waals surface area contributed by atoms with Crippen molar-refractivity contribution < 1.29 is 9.90 Å². The number of carboxylic acid groups (broad SMARTS) is 1. The fourth-order valence-corrected chi connectivity index (χ4v) is 1.87. The summed E-state index contributed by atoms with van der Waals surface area (Å²) >= 11 is 0. The number of piperidine rings is 1.